The van der Waals surface area contributed by atoms with Crippen molar-refractivity contribution in [2.45, 2.75) is 17.9 Å². The number of para-hydroxylation sites is 1. The molecule has 1 aliphatic heterocycles. The first kappa shape index (κ1) is 16.6. The minimum Gasteiger partial charge on any atom is -0.376 e. The second-order valence-electron chi connectivity index (χ2n) is 6.33. The number of sulfonamides is 1. The zero-order valence-corrected chi connectivity index (χ0v) is 15.1. The van der Waals surface area contributed by atoms with Crippen molar-refractivity contribution in [3.05, 3.63) is 84.1 Å². The van der Waals surface area contributed by atoms with Gasteiger partial charge in [-0.15, -0.1) is 0 Å². The molecule has 2 heterocycles. The van der Waals surface area contributed by atoms with Crippen molar-refractivity contribution in [3.8, 4) is 0 Å². The maximum atomic E-state index is 13.2. The van der Waals surface area contributed by atoms with Crippen LogP contribution in [0.2, 0.25) is 0 Å². The summed E-state index contributed by atoms with van der Waals surface area (Å²) in [6.45, 7) is 2.24. The normalized spacial score (nSPS) is 16.3. The van der Waals surface area contributed by atoms with E-state index in [-0.39, 0.29) is 10.9 Å². The van der Waals surface area contributed by atoms with Crippen LogP contribution < -0.4 is 9.62 Å². The molecule has 0 spiro atoms. The Hall–Kier alpha value is -2.86. The summed E-state index contributed by atoms with van der Waals surface area (Å²) in [7, 11) is -3.66. The van der Waals surface area contributed by atoms with Gasteiger partial charge in [0.1, 0.15) is 5.82 Å². The largest absolute Gasteiger partial charge is 0.376 e. The fourth-order valence-corrected chi connectivity index (χ4v) is 4.61. The van der Waals surface area contributed by atoms with Crippen LogP contribution in [0.4, 0.5) is 11.5 Å². The summed E-state index contributed by atoms with van der Waals surface area (Å²) in [5.74, 6) is 0.488. The molecule has 1 aromatic heterocycles. The van der Waals surface area contributed by atoms with Gasteiger partial charge in [0.15, 0.2) is 0 Å². The van der Waals surface area contributed by atoms with Crippen LogP contribution in [-0.4, -0.2) is 19.9 Å². The topological polar surface area (TPSA) is 62.3 Å². The Morgan fingerprint density at radius 3 is 2.46 bits per heavy atom. The second kappa shape index (κ2) is 6.46. The maximum absolute atomic E-state index is 13.2. The van der Waals surface area contributed by atoms with Gasteiger partial charge < -0.3 is 5.32 Å². The molecule has 2 aromatic carbocycles. The average Bonchev–Trinajstić information content (AvgIpc) is 3.02. The molecule has 1 atom stereocenters. The molecule has 5 nitrogen and oxygen atoms in total. The zero-order valence-electron chi connectivity index (χ0n) is 14.3. The number of benzene rings is 2. The Morgan fingerprint density at radius 2 is 1.73 bits per heavy atom. The van der Waals surface area contributed by atoms with Crippen LogP contribution in [0.1, 0.15) is 17.2 Å². The number of rotatable bonds is 4. The van der Waals surface area contributed by atoms with Crippen LogP contribution in [-0.2, 0) is 10.0 Å². The SMILES string of the molecule is Cc1ccc(S(=O)(=O)N2CC(Nc3ccccc3)c3cccnc32)cc1. The number of nitrogens with zero attached hydrogens (tertiary/aromatic N) is 2. The fourth-order valence-electron chi connectivity index (χ4n) is 3.15. The molecule has 0 saturated carbocycles. The predicted molar refractivity (Wildman–Crippen MR) is 103 cm³/mol. The van der Waals surface area contributed by atoms with Gasteiger partial charge in [-0.3, -0.25) is 0 Å². The predicted octanol–water partition coefficient (Wildman–Crippen LogP) is 3.75. The fraction of sp³-hybridized carbons (Fsp3) is 0.150. The van der Waals surface area contributed by atoms with Crippen LogP contribution >= 0.6 is 0 Å². The van der Waals surface area contributed by atoms with Gasteiger partial charge in [0, 0.05) is 17.4 Å². The van der Waals surface area contributed by atoms with E-state index in [1.165, 1.54) is 4.31 Å². The van der Waals surface area contributed by atoms with Crippen molar-refractivity contribution in [2.24, 2.45) is 0 Å². The minimum atomic E-state index is -3.66. The first-order chi connectivity index (χ1) is 12.6. The number of nitrogens with one attached hydrogen (secondary N) is 1. The molecule has 0 radical (unpaired) electrons. The standard InChI is InChI=1S/C20H19N3O2S/c1-15-9-11-17(12-10-15)26(24,25)23-14-19(18-8-5-13-21-20(18)23)22-16-6-3-2-4-7-16/h2-13,19,22H,14H2,1H3. The molecule has 0 amide bonds. The second-order valence-corrected chi connectivity index (χ2v) is 8.19. The van der Waals surface area contributed by atoms with Crippen molar-refractivity contribution in [2.75, 3.05) is 16.2 Å². The number of aryl methyl sites for hydroxylation is 1. The molecule has 0 fully saturated rings. The van der Waals surface area contributed by atoms with Crippen molar-refractivity contribution in [1.29, 1.82) is 0 Å². The van der Waals surface area contributed by atoms with Crippen LogP contribution in [0.25, 0.3) is 0 Å². The van der Waals surface area contributed by atoms with Crippen LogP contribution in [0, 0.1) is 6.92 Å². The molecule has 0 aliphatic carbocycles. The van der Waals surface area contributed by atoms with Gasteiger partial charge >= 0.3 is 0 Å². The van der Waals surface area contributed by atoms with Gasteiger partial charge in [-0.2, -0.15) is 0 Å². The zero-order chi connectivity index (χ0) is 18.1. The number of fused-ring (bicyclic) bond motifs is 1. The minimum absolute atomic E-state index is 0.152. The summed E-state index contributed by atoms with van der Waals surface area (Å²) < 4.78 is 27.7. The third-order valence-corrected chi connectivity index (χ3v) is 6.27. The van der Waals surface area contributed by atoms with E-state index in [0.29, 0.717) is 12.4 Å². The highest BCUT2D eigenvalue weighted by molar-refractivity contribution is 7.92. The number of pyridine rings is 1. The molecular weight excluding hydrogens is 346 g/mol. The maximum Gasteiger partial charge on any atom is 0.265 e. The molecule has 26 heavy (non-hydrogen) atoms. The van der Waals surface area contributed by atoms with Gasteiger partial charge in [0.2, 0.25) is 0 Å². The number of hydrogen-bond acceptors (Lipinski definition) is 4. The molecule has 1 unspecified atom stereocenters. The Kier molecular flexibility index (Phi) is 4.12. The molecule has 132 valence electrons. The lowest BCUT2D eigenvalue weighted by Crippen LogP contribution is -2.31. The summed E-state index contributed by atoms with van der Waals surface area (Å²) >= 11 is 0. The van der Waals surface area contributed by atoms with E-state index in [1.54, 1.807) is 18.3 Å². The average molecular weight is 365 g/mol. The quantitative estimate of drug-likeness (QED) is 0.765. The summed E-state index contributed by atoms with van der Waals surface area (Å²) in [6, 6.07) is 20.3. The van der Waals surface area contributed by atoms with E-state index >= 15 is 0 Å². The monoisotopic (exact) mass is 365 g/mol. The Morgan fingerprint density at radius 1 is 1.00 bits per heavy atom. The third kappa shape index (κ3) is 2.93. The first-order valence-electron chi connectivity index (χ1n) is 8.41. The smallest absolute Gasteiger partial charge is 0.265 e. The van der Waals surface area contributed by atoms with E-state index in [4.69, 9.17) is 0 Å². The van der Waals surface area contributed by atoms with Crippen molar-refractivity contribution < 1.29 is 8.42 Å². The lowest BCUT2D eigenvalue weighted by atomic mass is 10.1. The highest BCUT2D eigenvalue weighted by Gasteiger charge is 2.37. The molecule has 0 saturated heterocycles. The van der Waals surface area contributed by atoms with Gasteiger partial charge in [-0.25, -0.2) is 17.7 Å². The summed E-state index contributed by atoms with van der Waals surface area (Å²) in [5, 5.41) is 3.41. The van der Waals surface area contributed by atoms with Gasteiger partial charge in [0.25, 0.3) is 10.0 Å². The highest BCUT2D eigenvalue weighted by Crippen LogP contribution is 2.38. The van der Waals surface area contributed by atoms with E-state index in [1.807, 2.05) is 61.5 Å². The molecular formula is C20H19N3O2S. The third-order valence-electron chi connectivity index (χ3n) is 4.50. The van der Waals surface area contributed by atoms with Crippen molar-refractivity contribution in [1.82, 2.24) is 4.98 Å². The van der Waals surface area contributed by atoms with Gasteiger partial charge in [0.05, 0.1) is 17.5 Å². The molecule has 1 aliphatic rings. The Labute approximate surface area is 153 Å². The number of anilines is 2. The Bertz CT molecular complexity index is 1020. The lowest BCUT2D eigenvalue weighted by molar-refractivity contribution is 0.590. The number of hydrogen-bond donors (Lipinski definition) is 1. The molecule has 4 rings (SSSR count). The molecule has 6 heteroatoms. The first-order valence-corrected chi connectivity index (χ1v) is 9.85. The summed E-state index contributed by atoms with van der Waals surface area (Å²) in [5.41, 5.74) is 2.85. The van der Waals surface area contributed by atoms with Crippen LogP contribution in [0.5, 0.6) is 0 Å². The van der Waals surface area contributed by atoms with Gasteiger partial charge in [-0.05, 0) is 37.3 Å². The molecule has 1 N–H and O–H groups in total. The summed E-state index contributed by atoms with van der Waals surface area (Å²) in [6.07, 6.45) is 1.63. The van der Waals surface area contributed by atoms with E-state index < -0.39 is 10.0 Å². The van der Waals surface area contributed by atoms with Crippen LogP contribution in [0.15, 0.2) is 77.8 Å². The Balaban J connectivity index is 1.71. The van der Waals surface area contributed by atoms with Gasteiger partial charge in [-0.1, -0.05) is 42.0 Å². The van der Waals surface area contributed by atoms with Crippen LogP contribution in [0.3, 0.4) is 0 Å². The van der Waals surface area contributed by atoms with E-state index in [9.17, 15) is 8.42 Å². The van der Waals surface area contributed by atoms with E-state index in [2.05, 4.69) is 10.3 Å². The van der Waals surface area contributed by atoms with Crippen molar-refractivity contribution in [3.63, 3.8) is 0 Å². The summed E-state index contributed by atoms with van der Waals surface area (Å²) in [4.78, 5) is 4.63. The molecule has 0 bridgehead atoms. The van der Waals surface area contributed by atoms with E-state index in [0.717, 1.165) is 16.8 Å². The molecule has 3 aromatic rings. The lowest BCUT2D eigenvalue weighted by Gasteiger charge is -2.20. The number of aromatic nitrogens is 1. The van der Waals surface area contributed by atoms with Crippen molar-refractivity contribution >= 4 is 21.5 Å². The highest BCUT2D eigenvalue weighted by atomic mass is 32.2.